The molecule has 1 aromatic rings. The molecule has 0 atom stereocenters. The van der Waals surface area contributed by atoms with Crippen LogP contribution in [0.15, 0.2) is 24.3 Å². The van der Waals surface area contributed by atoms with Crippen molar-refractivity contribution in [3.05, 3.63) is 24.3 Å². The highest BCUT2D eigenvalue weighted by Gasteiger charge is 2.51. The minimum Gasteiger partial charge on any atom is -0.492 e. The summed E-state index contributed by atoms with van der Waals surface area (Å²) < 4.78 is 5.96. The first-order valence-electron chi connectivity index (χ1n) is 11.8. The van der Waals surface area contributed by atoms with Crippen molar-refractivity contribution in [2.45, 2.75) is 44.1 Å². The molecule has 4 saturated carbocycles. The van der Waals surface area contributed by atoms with Gasteiger partial charge in [0.2, 0.25) is 0 Å². The summed E-state index contributed by atoms with van der Waals surface area (Å²) in [5, 5.41) is 6.44. The SMILES string of the molecule is CN1CCN(CCOc2cccc(NC(=O)NC34CC5CC(CC(C5)C3)C4)c2)CC1. The maximum atomic E-state index is 12.8. The smallest absolute Gasteiger partial charge is 0.319 e. The molecule has 2 N–H and O–H groups in total. The third kappa shape index (κ3) is 4.59. The van der Waals surface area contributed by atoms with Crippen molar-refractivity contribution in [1.82, 2.24) is 15.1 Å². The number of piperazine rings is 1. The first kappa shape index (κ1) is 20.1. The fourth-order valence-corrected chi connectivity index (χ4v) is 6.69. The topological polar surface area (TPSA) is 56.8 Å². The van der Waals surface area contributed by atoms with E-state index in [-0.39, 0.29) is 11.6 Å². The Kier molecular flexibility index (Phi) is 5.63. The maximum absolute atomic E-state index is 12.8. The number of benzene rings is 1. The largest absolute Gasteiger partial charge is 0.492 e. The zero-order chi connectivity index (χ0) is 20.6. The number of likely N-dealkylation sites (N-methyl/N-ethyl adjacent to an activating group) is 1. The van der Waals surface area contributed by atoms with Crippen molar-refractivity contribution in [2.24, 2.45) is 17.8 Å². The van der Waals surface area contributed by atoms with Crippen molar-refractivity contribution in [3.8, 4) is 5.75 Å². The number of hydrogen-bond donors (Lipinski definition) is 2. The van der Waals surface area contributed by atoms with Crippen LogP contribution in [0.4, 0.5) is 10.5 Å². The highest BCUT2D eigenvalue weighted by atomic mass is 16.5. The van der Waals surface area contributed by atoms with E-state index in [0.29, 0.717) is 6.61 Å². The molecular weight excluding hydrogens is 376 g/mol. The normalized spacial score (nSPS) is 33.4. The number of hydrogen-bond acceptors (Lipinski definition) is 4. The second-order valence-electron chi connectivity index (χ2n) is 10.3. The molecule has 1 saturated heterocycles. The van der Waals surface area contributed by atoms with E-state index in [1.807, 2.05) is 24.3 Å². The molecule has 5 aliphatic rings. The standard InChI is InChI=1S/C24H36N4O2/c1-27-5-7-28(8-6-27)9-10-30-22-4-2-3-21(14-22)25-23(29)26-24-15-18-11-19(16-24)13-20(12-18)17-24/h2-4,14,18-20H,5-13,15-17H2,1H3,(H2,25,26,29). The number of carbonyl (C=O) groups excluding carboxylic acids is 1. The average Bonchev–Trinajstić information content (AvgIpc) is 2.68. The van der Waals surface area contributed by atoms with Gasteiger partial charge in [0, 0.05) is 50.0 Å². The van der Waals surface area contributed by atoms with E-state index in [4.69, 9.17) is 4.74 Å². The Hall–Kier alpha value is -1.79. The molecule has 4 bridgehead atoms. The molecule has 1 aliphatic heterocycles. The summed E-state index contributed by atoms with van der Waals surface area (Å²) in [6.45, 7) is 6.07. The fraction of sp³-hybridized carbons (Fsp3) is 0.708. The monoisotopic (exact) mass is 412 g/mol. The molecule has 6 nitrogen and oxygen atoms in total. The number of anilines is 1. The molecule has 4 aliphatic carbocycles. The summed E-state index contributed by atoms with van der Waals surface area (Å²) in [6, 6.07) is 7.72. The molecule has 0 aromatic heterocycles. The van der Waals surface area contributed by atoms with Crippen LogP contribution in [0.2, 0.25) is 0 Å². The maximum Gasteiger partial charge on any atom is 0.319 e. The van der Waals surface area contributed by atoms with Gasteiger partial charge >= 0.3 is 6.03 Å². The van der Waals surface area contributed by atoms with Gasteiger partial charge in [-0.2, -0.15) is 0 Å². The molecule has 6 rings (SSSR count). The molecule has 6 heteroatoms. The summed E-state index contributed by atoms with van der Waals surface area (Å²) in [6.07, 6.45) is 7.66. The van der Waals surface area contributed by atoms with Crippen LogP contribution in [0, 0.1) is 17.8 Å². The molecule has 1 heterocycles. The zero-order valence-corrected chi connectivity index (χ0v) is 18.2. The van der Waals surface area contributed by atoms with Gasteiger partial charge in [-0.05, 0) is 75.5 Å². The first-order valence-corrected chi connectivity index (χ1v) is 11.8. The van der Waals surface area contributed by atoms with Crippen LogP contribution in [-0.4, -0.2) is 67.7 Å². The van der Waals surface area contributed by atoms with Gasteiger partial charge < -0.3 is 20.3 Å². The lowest BCUT2D eigenvalue weighted by Gasteiger charge is -2.56. The van der Waals surface area contributed by atoms with Crippen LogP contribution in [0.1, 0.15) is 38.5 Å². The van der Waals surface area contributed by atoms with Gasteiger partial charge in [-0.3, -0.25) is 4.90 Å². The van der Waals surface area contributed by atoms with Crippen LogP contribution in [-0.2, 0) is 0 Å². The Labute approximate surface area is 180 Å². The highest BCUT2D eigenvalue weighted by Crippen LogP contribution is 2.55. The number of rotatable bonds is 6. The van der Waals surface area contributed by atoms with Crippen LogP contribution < -0.4 is 15.4 Å². The molecule has 2 amide bonds. The van der Waals surface area contributed by atoms with Crippen molar-refractivity contribution >= 4 is 11.7 Å². The van der Waals surface area contributed by atoms with E-state index in [9.17, 15) is 4.79 Å². The van der Waals surface area contributed by atoms with Gasteiger partial charge in [-0.15, -0.1) is 0 Å². The Morgan fingerprint density at radius 1 is 1.07 bits per heavy atom. The predicted octanol–water partition coefficient (Wildman–Crippen LogP) is 3.40. The van der Waals surface area contributed by atoms with E-state index in [0.717, 1.165) is 61.9 Å². The lowest BCUT2D eigenvalue weighted by Crippen LogP contribution is -2.60. The van der Waals surface area contributed by atoms with E-state index in [2.05, 4.69) is 27.5 Å². The highest BCUT2D eigenvalue weighted by molar-refractivity contribution is 5.90. The predicted molar refractivity (Wildman–Crippen MR) is 119 cm³/mol. The zero-order valence-electron chi connectivity index (χ0n) is 18.2. The van der Waals surface area contributed by atoms with Crippen molar-refractivity contribution < 1.29 is 9.53 Å². The molecule has 0 unspecified atom stereocenters. The van der Waals surface area contributed by atoms with Gasteiger partial charge in [-0.1, -0.05) is 6.07 Å². The molecule has 164 valence electrons. The summed E-state index contributed by atoms with van der Waals surface area (Å²) in [7, 11) is 2.17. The Morgan fingerprint density at radius 3 is 2.40 bits per heavy atom. The van der Waals surface area contributed by atoms with E-state index < -0.39 is 0 Å². The number of nitrogens with zero attached hydrogens (tertiary/aromatic N) is 2. The van der Waals surface area contributed by atoms with Gasteiger partial charge in [0.1, 0.15) is 12.4 Å². The average molecular weight is 413 g/mol. The van der Waals surface area contributed by atoms with Crippen LogP contribution in [0.5, 0.6) is 5.75 Å². The van der Waals surface area contributed by atoms with Crippen LogP contribution >= 0.6 is 0 Å². The van der Waals surface area contributed by atoms with Crippen molar-refractivity contribution in [1.29, 1.82) is 0 Å². The van der Waals surface area contributed by atoms with Crippen molar-refractivity contribution in [2.75, 3.05) is 51.7 Å². The Balaban J connectivity index is 1.11. The van der Waals surface area contributed by atoms with Gasteiger partial charge in [0.25, 0.3) is 0 Å². The third-order valence-corrected chi connectivity index (χ3v) is 7.78. The molecule has 30 heavy (non-hydrogen) atoms. The van der Waals surface area contributed by atoms with Gasteiger partial charge in [0.15, 0.2) is 0 Å². The summed E-state index contributed by atoms with van der Waals surface area (Å²) >= 11 is 0. The number of urea groups is 1. The van der Waals surface area contributed by atoms with E-state index in [1.165, 1.54) is 38.5 Å². The number of amides is 2. The van der Waals surface area contributed by atoms with E-state index >= 15 is 0 Å². The van der Waals surface area contributed by atoms with Crippen LogP contribution in [0.3, 0.4) is 0 Å². The first-order chi connectivity index (χ1) is 14.6. The second kappa shape index (κ2) is 8.39. The molecule has 5 fully saturated rings. The molecular formula is C24H36N4O2. The number of ether oxygens (including phenoxy) is 1. The molecule has 0 radical (unpaired) electrons. The Bertz CT molecular complexity index is 724. The summed E-state index contributed by atoms with van der Waals surface area (Å²) in [5.41, 5.74) is 0.837. The minimum absolute atomic E-state index is 0.0372. The van der Waals surface area contributed by atoms with E-state index in [1.54, 1.807) is 0 Å². The second-order valence-corrected chi connectivity index (χ2v) is 10.3. The van der Waals surface area contributed by atoms with Gasteiger partial charge in [0.05, 0.1) is 0 Å². The lowest BCUT2D eigenvalue weighted by atomic mass is 9.53. The molecule has 1 aromatic carbocycles. The lowest BCUT2D eigenvalue weighted by molar-refractivity contribution is -0.0127. The number of carbonyl (C=O) groups is 1. The molecule has 0 spiro atoms. The summed E-state index contributed by atoms with van der Waals surface area (Å²) in [5.74, 6) is 3.30. The van der Waals surface area contributed by atoms with Crippen LogP contribution in [0.25, 0.3) is 0 Å². The minimum atomic E-state index is -0.0634. The van der Waals surface area contributed by atoms with Gasteiger partial charge in [-0.25, -0.2) is 4.79 Å². The summed E-state index contributed by atoms with van der Waals surface area (Å²) in [4.78, 5) is 17.6. The quantitative estimate of drug-likeness (QED) is 0.752. The number of nitrogens with one attached hydrogen (secondary N) is 2. The van der Waals surface area contributed by atoms with Crippen molar-refractivity contribution in [3.63, 3.8) is 0 Å². The fourth-order valence-electron chi connectivity index (χ4n) is 6.69. The Morgan fingerprint density at radius 2 is 1.73 bits per heavy atom. The third-order valence-electron chi connectivity index (χ3n) is 7.78.